The third-order valence-corrected chi connectivity index (χ3v) is 3.48. The molecule has 2 N–H and O–H groups in total. The van der Waals surface area contributed by atoms with Gasteiger partial charge in [-0.1, -0.05) is 30.3 Å². The van der Waals surface area contributed by atoms with Crippen LogP contribution in [0.2, 0.25) is 0 Å². The van der Waals surface area contributed by atoms with Crippen LogP contribution in [0, 0.1) is 11.8 Å². The van der Waals surface area contributed by atoms with E-state index in [-0.39, 0.29) is 5.91 Å². The SMILES string of the molecule is CC(C)(COCc1ccccc1)NC(=O)C1CC1C(=O)O. The van der Waals surface area contributed by atoms with Crippen LogP contribution >= 0.6 is 0 Å². The van der Waals surface area contributed by atoms with Gasteiger partial charge in [0.2, 0.25) is 5.91 Å². The highest BCUT2D eigenvalue weighted by molar-refractivity contribution is 5.89. The predicted octanol–water partition coefficient (Wildman–Crippen LogP) is 1.82. The second kappa shape index (κ2) is 6.26. The van der Waals surface area contributed by atoms with E-state index >= 15 is 0 Å². The summed E-state index contributed by atoms with van der Waals surface area (Å²) in [6, 6.07) is 9.80. The topological polar surface area (TPSA) is 75.6 Å². The van der Waals surface area contributed by atoms with Crippen LogP contribution in [0.15, 0.2) is 30.3 Å². The van der Waals surface area contributed by atoms with Crippen molar-refractivity contribution in [2.45, 2.75) is 32.4 Å². The summed E-state index contributed by atoms with van der Waals surface area (Å²) in [6.45, 7) is 4.60. The summed E-state index contributed by atoms with van der Waals surface area (Å²) >= 11 is 0. The van der Waals surface area contributed by atoms with Crippen LogP contribution in [0.1, 0.15) is 25.8 Å². The highest BCUT2D eigenvalue weighted by Gasteiger charge is 2.49. The highest BCUT2D eigenvalue weighted by atomic mass is 16.5. The summed E-state index contributed by atoms with van der Waals surface area (Å²) in [5.74, 6) is -2.01. The molecule has 2 atom stereocenters. The Kier molecular flexibility index (Phi) is 4.63. The number of ether oxygens (including phenoxy) is 1. The number of hydrogen-bond donors (Lipinski definition) is 2. The van der Waals surface area contributed by atoms with E-state index in [4.69, 9.17) is 9.84 Å². The predicted molar refractivity (Wildman–Crippen MR) is 77.6 cm³/mol. The maximum absolute atomic E-state index is 11.9. The molecule has 0 aliphatic heterocycles. The van der Waals surface area contributed by atoms with Crippen molar-refractivity contribution in [3.05, 3.63) is 35.9 Å². The van der Waals surface area contributed by atoms with Gasteiger partial charge in [-0.3, -0.25) is 9.59 Å². The van der Waals surface area contributed by atoms with Crippen LogP contribution in [-0.2, 0) is 20.9 Å². The molecule has 1 saturated carbocycles. The Hall–Kier alpha value is -1.88. The van der Waals surface area contributed by atoms with Gasteiger partial charge in [-0.05, 0) is 25.8 Å². The first-order valence-electron chi connectivity index (χ1n) is 7.05. The summed E-state index contributed by atoms with van der Waals surface area (Å²) in [7, 11) is 0. The minimum atomic E-state index is -0.895. The number of aliphatic carboxylic acids is 1. The Labute approximate surface area is 124 Å². The number of benzene rings is 1. The highest BCUT2D eigenvalue weighted by Crippen LogP contribution is 2.39. The van der Waals surface area contributed by atoms with E-state index in [2.05, 4.69) is 5.32 Å². The fourth-order valence-corrected chi connectivity index (χ4v) is 2.22. The van der Waals surface area contributed by atoms with Gasteiger partial charge in [0, 0.05) is 0 Å². The molecular weight excluding hydrogens is 270 g/mol. The zero-order valence-electron chi connectivity index (χ0n) is 12.3. The summed E-state index contributed by atoms with van der Waals surface area (Å²) in [6.07, 6.45) is 0.433. The van der Waals surface area contributed by atoms with Crippen LogP contribution < -0.4 is 5.32 Å². The number of carbonyl (C=O) groups excluding carboxylic acids is 1. The van der Waals surface area contributed by atoms with Crippen molar-refractivity contribution < 1.29 is 19.4 Å². The average molecular weight is 291 g/mol. The zero-order chi connectivity index (χ0) is 15.5. The van der Waals surface area contributed by atoms with Crippen molar-refractivity contribution in [3.63, 3.8) is 0 Å². The molecule has 5 nitrogen and oxygen atoms in total. The van der Waals surface area contributed by atoms with Crippen molar-refractivity contribution in [2.75, 3.05) is 6.61 Å². The zero-order valence-corrected chi connectivity index (χ0v) is 12.3. The largest absolute Gasteiger partial charge is 0.481 e. The van der Waals surface area contributed by atoms with Gasteiger partial charge in [0.15, 0.2) is 0 Å². The van der Waals surface area contributed by atoms with E-state index in [0.29, 0.717) is 19.6 Å². The molecule has 1 aliphatic carbocycles. The molecular formula is C16H21NO4. The van der Waals surface area contributed by atoms with E-state index in [9.17, 15) is 9.59 Å². The van der Waals surface area contributed by atoms with Gasteiger partial charge in [-0.25, -0.2) is 0 Å². The molecule has 1 aromatic rings. The molecule has 5 heteroatoms. The number of carbonyl (C=O) groups is 2. The maximum Gasteiger partial charge on any atom is 0.307 e. The maximum atomic E-state index is 11.9. The van der Waals surface area contributed by atoms with Gasteiger partial charge >= 0.3 is 5.97 Å². The molecule has 0 aromatic heterocycles. The van der Waals surface area contributed by atoms with E-state index in [1.54, 1.807) is 0 Å². The standard InChI is InChI=1S/C16H21NO4/c1-16(2,10-21-9-11-6-4-3-5-7-11)17-14(18)12-8-13(12)15(19)20/h3-7,12-13H,8-10H2,1-2H3,(H,17,18)(H,19,20). The number of carboxylic acid groups (broad SMARTS) is 1. The second-order valence-electron chi connectivity index (χ2n) is 6.14. The minimum absolute atomic E-state index is 0.198. The lowest BCUT2D eigenvalue weighted by atomic mass is 10.1. The third-order valence-electron chi connectivity index (χ3n) is 3.48. The van der Waals surface area contributed by atoms with Crippen LogP contribution in [0.5, 0.6) is 0 Å². The fourth-order valence-electron chi connectivity index (χ4n) is 2.22. The van der Waals surface area contributed by atoms with Gasteiger partial charge in [0.1, 0.15) is 0 Å². The van der Waals surface area contributed by atoms with Crippen molar-refractivity contribution in [1.82, 2.24) is 5.32 Å². The van der Waals surface area contributed by atoms with Gasteiger partial charge in [0.25, 0.3) is 0 Å². The summed E-state index contributed by atoms with van der Waals surface area (Å²) in [5.41, 5.74) is 0.560. The number of amides is 1. The minimum Gasteiger partial charge on any atom is -0.481 e. The van der Waals surface area contributed by atoms with Gasteiger partial charge in [-0.15, -0.1) is 0 Å². The number of rotatable bonds is 7. The molecule has 2 unspecified atom stereocenters. The molecule has 1 aliphatic rings. The van der Waals surface area contributed by atoms with Gasteiger partial charge < -0.3 is 15.2 Å². The Morgan fingerprint density at radius 2 is 1.95 bits per heavy atom. The molecule has 114 valence electrons. The van der Waals surface area contributed by atoms with E-state index in [0.717, 1.165) is 5.56 Å². The number of hydrogen-bond acceptors (Lipinski definition) is 3. The lowest BCUT2D eigenvalue weighted by molar-refractivity contribution is -0.140. The normalized spacial score (nSPS) is 20.9. The van der Waals surface area contributed by atoms with E-state index < -0.39 is 23.3 Å². The van der Waals surface area contributed by atoms with E-state index in [1.165, 1.54) is 0 Å². The van der Waals surface area contributed by atoms with E-state index in [1.807, 2.05) is 44.2 Å². The van der Waals surface area contributed by atoms with Crippen LogP contribution in [-0.4, -0.2) is 29.1 Å². The molecule has 0 heterocycles. The third kappa shape index (κ3) is 4.56. The molecule has 1 amide bonds. The molecule has 0 radical (unpaired) electrons. The van der Waals surface area contributed by atoms with Crippen molar-refractivity contribution in [2.24, 2.45) is 11.8 Å². The van der Waals surface area contributed by atoms with Crippen molar-refractivity contribution in [1.29, 1.82) is 0 Å². The molecule has 21 heavy (non-hydrogen) atoms. The van der Waals surface area contributed by atoms with Crippen LogP contribution in [0.3, 0.4) is 0 Å². The molecule has 1 aromatic carbocycles. The Bertz CT molecular complexity index is 512. The first kappa shape index (κ1) is 15.5. The molecule has 0 saturated heterocycles. The first-order chi connectivity index (χ1) is 9.89. The van der Waals surface area contributed by atoms with Crippen LogP contribution in [0.4, 0.5) is 0 Å². The Morgan fingerprint density at radius 3 is 2.52 bits per heavy atom. The number of carboxylic acids is 1. The summed E-state index contributed by atoms with van der Waals surface area (Å²) in [5, 5.41) is 11.7. The fraction of sp³-hybridized carbons (Fsp3) is 0.500. The molecule has 0 bridgehead atoms. The average Bonchev–Trinajstić information content (AvgIpc) is 3.19. The van der Waals surface area contributed by atoms with Gasteiger partial charge in [-0.2, -0.15) is 0 Å². The molecule has 1 fully saturated rings. The smallest absolute Gasteiger partial charge is 0.307 e. The Balaban J connectivity index is 1.74. The lowest BCUT2D eigenvalue weighted by Gasteiger charge is -2.26. The monoisotopic (exact) mass is 291 g/mol. The second-order valence-corrected chi connectivity index (χ2v) is 6.14. The summed E-state index contributed by atoms with van der Waals surface area (Å²) in [4.78, 5) is 22.7. The quantitative estimate of drug-likeness (QED) is 0.803. The number of nitrogens with one attached hydrogen (secondary N) is 1. The Morgan fingerprint density at radius 1 is 1.29 bits per heavy atom. The van der Waals surface area contributed by atoms with Crippen molar-refractivity contribution in [3.8, 4) is 0 Å². The lowest BCUT2D eigenvalue weighted by Crippen LogP contribution is -2.47. The summed E-state index contributed by atoms with van der Waals surface area (Å²) < 4.78 is 5.63. The van der Waals surface area contributed by atoms with Crippen LogP contribution in [0.25, 0.3) is 0 Å². The first-order valence-corrected chi connectivity index (χ1v) is 7.05. The van der Waals surface area contributed by atoms with Crippen molar-refractivity contribution >= 4 is 11.9 Å². The molecule has 0 spiro atoms. The molecule has 2 rings (SSSR count). The van der Waals surface area contributed by atoms with Gasteiger partial charge in [0.05, 0.1) is 30.6 Å².